The summed E-state index contributed by atoms with van der Waals surface area (Å²) in [6, 6.07) is 14.4. The molecule has 1 fully saturated rings. The first-order valence-corrected chi connectivity index (χ1v) is 9.33. The minimum Gasteiger partial charge on any atom is -0.354 e. The van der Waals surface area contributed by atoms with Gasteiger partial charge in [-0.3, -0.25) is 9.59 Å². The van der Waals surface area contributed by atoms with Crippen molar-refractivity contribution >= 4 is 23.4 Å². The molecule has 0 spiro atoms. The molecule has 3 rings (SSSR count). The molecule has 1 atom stereocenters. The summed E-state index contributed by atoms with van der Waals surface area (Å²) in [5.74, 6) is -0.234. The van der Waals surface area contributed by atoms with E-state index in [1.165, 1.54) is 0 Å². The molecule has 0 radical (unpaired) electrons. The number of carbonyl (C=O) groups excluding carboxylic acids is 2. The number of carbonyl (C=O) groups is 2. The topological polar surface area (TPSA) is 49.4 Å². The Kier molecular flexibility index (Phi) is 5.94. The van der Waals surface area contributed by atoms with Crippen LogP contribution in [0.1, 0.15) is 40.7 Å². The van der Waals surface area contributed by atoms with Gasteiger partial charge in [0.25, 0.3) is 5.91 Å². The van der Waals surface area contributed by atoms with E-state index in [0.717, 1.165) is 24.0 Å². The molecule has 26 heavy (non-hydrogen) atoms. The Balaban J connectivity index is 1.94. The van der Waals surface area contributed by atoms with Crippen molar-refractivity contribution in [3.05, 3.63) is 70.2 Å². The van der Waals surface area contributed by atoms with Crippen LogP contribution in [0.25, 0.3) is 0 Å². The van der Waals surface area contributed by atoms with E-state index in [-0.39, 0.29) is 11.8 Å². The SMILES string of the molecule is Cc1ccc(C(=O)N(Cc2ccccc2Cl)C2CCCCNC2=O)cc1. The maximum Gasteiger partial charge on any atom is 0.254 e. The van der Waals surface area contributed by atoms with E-state index in [1.54, 1.807) is 11.0 Å². The normalized spacial score (nSPS) is 17.3. The Bertz CT molecular complexity index is 789. The fourth-order valence-corrected chi connectivity index (χ4v) is 3.41. The van der Waals surface area contributed by atoms with E-state index in [1.807, 2.05) is 49.4 Å². The number of amides is 2. The molecular formula is C21H23ClN2O2. The van der Waals surface area contributed by atoms with Gasteiger partial charge in [-0.1, -0.05) is 47.5 Å². The van der Waals surface area contributed by atoms with Gasteiger partial charge in [-0.15, -0.1) is 0 Å². The van der Waals surface area contributed by atoms with Crippen molar-refractivity contribution in [3.8, 4) is 0 Å². The van der Waals surface area contributed by atoms with Gasteiger partial charge in [-0.05, 0) is 49.9 Å². The van der Waals surface area contributed by atoms with Gasteiger partial charge in [0.2, 0.25) is 5.91 Å². The van der Waals surface area contributed by atoms with Crippen molar-refractivity contribution in [2.45, 2.75) is 38.8 Å². The summed E-state index contributed by atoms with van der Waals surface area (Å²) in [6.45, 7) is 2.95. The average molecular weight is 371 g/mol. The minimum absolute atomic E-state index is 0.0879. The summed E-state index contributed by atoms with van der Waals surface area (Å²) < 4.78 is 0. The molecule has 0 saturated carbocycles. The Morgan fingerprint density at radius 3 is 2.62 bits per heavy atom. The van der Waals surface area contributed by atoms with Gasteiger partial charge in [-0.2, -0.15) is 0 Å². The Morgan fingerprint density at radius 2 is 1.88 bits per heavy atom. The van der Waals surface area contributed by atoms with Crippen LogP contribution >= 0.6 is 11.6 Å². The third-order valence-electron chi connectivity index (χ3n) is 4.74. The fraction of sp³-hybridized carbons (Fsp3) is 0.333. The van der Waals surface area contributed by atoms with Crippen molar-refractivity contribution < 1.29 is 9.59 Å². The molecule has 1 heterocycles. The Morgan fingerprint density at radius 1 is 1.15 bits per heavy atom. The number of aryl methyl sites for hydroxylation is 1. The molecule has 2 aromatic rings. The standard InChI is InChI=1S/C21H23ClN2O2/c1-15-9-11-16(12-10-15)21(26)24(14-17-6-2-3-7-18(17)22)19-8-4-5-13-23-20(19)25/h2-3,6-7,9-12,19H,4-5,8,13-14H2,1H3,(H,23,25). The molecule has 0 bridgehead atoms. The zero-order chi connectivity index (χ0) is 18.5. The molecule has 4 nitrogen and oxygen atoms in total. The van der Waals surface area contributed by atoms with Crippen LogP contribution in [0.2, 0.25) is 5.02 Å². The van der Waals surface area contributed by atoms with Crippen molar-refractivity contribution in [3.63, 3.8) is 0 Å². The van der Waals surface area contributed by atoms with Crippen molar-refractivity contribution in [2.24, 2.45) is 0 Å². The zero-order valence-corrected chi connectivity index (χ0v) is 15.6. The number of halogens is 1. The number of nitrogens with one attached hydrogen (secondary N) is 1. The highest BCUT2D eigenvalue weighted by molar-refractivity contribution is 6.31. The summed E-state index contributed by atoms with van der Waals surface area (Å²) in [4.78, 5) is 27.5. The van der Waals surface area contributed by atoms with Crippen LogP contribution in [0, 0.1) is 6.92 Å². The van der Waals surface area contributed by atoms with Crippen LogP contribution in [0.5, 0.6) is 0 Å². The first-order valence-electron chi connectivity index (χ1n) is 8.95. The quantitative estimate of drug-likeness (QED) is 0.885. The van der Waals surface area contributed by atoms with Gasteiger partial charge in [0.15, 0.2) is 0 Å². The summed E-state index contributed by atoms with van der Waals surface area (Å²) in [6.07, 6.45) is 2.50. The van der Waals surface area contributed by atoms with E-state index in [2.05, 4.69) is 5.32 Å². The van der Waals surface area contributed by atoms with Crippen molar-refractivity contribution in [1.82, 2.24) is 10.2 Å². The zero-order valence-electron chi connectivity index (χ0n) is 14.9. The van der Waals surface area contributed by atoms with Gasteiger partial charge in [0.05, 0.1) is 0 Å². The Labute approximate surface area is 159 Å². The molecule has 1 saturated heterocycles. The predicted molar refractivity (Wildman–Crippen MR) is 103 cm³/mol. The van der Waals surface area contributed by atoms with E-state index in [9.17, 15) is 9.59 Å². The average Bonchev–Trinajstić information content (AvgIpc) is 2.86. The highest BCUT2D eigenvalue weighted by atomic mass is 35.5. The molecule has 1 unspecified atom stereocenters. The van der Waals surface area contributed by atoms with E-state index >= 15 is 0 Å². The predicted octanol–water partition coefficient (Wildman–Crippen LogP) is 3.96. The van der Waals surface area contributed by atoms with E-state index in [0.29, 0.717) is 30.1 Å². The Hall–Kier alpha value is -2.33. The largest absolute Gasteiger partial charge is 0.354 e. The smallest absolute Gasteiger partial charge is 0.254 e. The number of hydrogen-bond donors (Lipinski definition) is 1. The second-order valence-electron chi connectivity index (χ2n) is 6.69. The third-order valence-corrected chi connectivity index (χ3v) is 5.11. The lowest BCUT2D eigenvalue weighted by molar-refractivity contribution is -0.125. The monoisotopic (exact) mass is 370 g/mol. The minimum atomic E-state index is -0.484. The lowest BCUT2D eigenvalue weighted by Gasteiger charge is -2.30. The van der Waals surface area contributed by atoms with Crippen LogP contribution in [0.15, 0.2) is 48.5 Å². The number of benzene rings is 2. The summed E-state index contributed by atoms with van der Waals surface area (Å²) in [7, 11) is 0. The van der Waals surface area contributed by atoms with Gasteiger partial charge >= 0.3 is 0 Å². The molecule has 136 valence electrons. The van der Waals surface area contributed by atoms with E-state index in [4.69, 9.17) is 11.6 Å². The van der Waals surface area contributed by atoms with Crippen LogP contribution in [0.3, 0.4) is 0 Å². The third kappa shape index (κ3) is 4.25. The van der Waals surface area contributed by atoms with Crippen LogP contribution < -0.4 is 5.32 Å². The summed E-state index contributed by atoms with van der Waals surface area (Å²) in [5.41, 5.74) is 2.51. The van der Waals surface area contributed by atoms with Crippen LogP contribution in [-0.2, 0) is 11.3 Å². The molecule has 0 aliphatic carbocycles. The number of rotatable bonds is 4. The molecule has 2 amide bonds. The molecule has 1 aliphatic heterocycles. The molecule has 1 aliphatic rings. The van der Waals surface area contributed by atoms with Gasteiger partial charge in [0.1, 0.15) is 6.04 Å². The number of hydrogen-bond acceptors (Lipinski definition) is 2. The van der Waals surface area contributed by atoms with Gasteiger partial charge < -0.3 is 10.2 Å². The highest BCUT2D eigenvalue weighted by Gasteiger charge is 2.31. The molecular weight excluding hydrogens is 348 g/mol. The molecule has 2 aromatic carbocycles. The summed E-state index contributed by atoms with van der Waals surface area (Å²) in [5, 5.41) is 3.53. The molecule has 0 aromatic heterocycles. The summed E-state index contributed by atoms with van der Waals surface area (Å²) >= 11 is 6.31. The second kappa shape index (κ2) is 8.37. The van der Waals surface area contributed by atoms with Gasteiger partial charge in [-0.25, -0.2) is 0 Å². The van der Waals surface area contributed by atoms with Crippen LogP contribution in [-0.4, -0.2) is 29.3 Å². The maximum atomic E-state index is 13.2. The fourth-order valence-electron chi connectivity index (χ4n) is 3.22. The highest BCUT2D eigenvalue weighted by Crippen LogP contribution is 2.23. The molecule has 1 N–H and O–H groups in total. The number of nitrogens with zero attached hydrogens (tertiary/aromatic N) is 1. The van der Waals surface area contributed by atoms with Crippen LogP contribution in [0.4, 0.5) is 0 Å². The van der Waals surface area contributed by atoms with Crippen molar-refractivity contribution in [1.29, 1.82) is 0 Å². The first kappa shape index (κ1) is 18.5. The molecule has 5 heteroatoms. The second-order valence-corrected chi connectivity index (χ2v) is 7.10. The lowest BCUT2D eigenvalue weighted by atomic mass is 10.0. The maximum absolute atomic E-state index is 13.2. The lowest BCUT2D eigenvalue weighted by Crippen LogP contribution is -2.48. The van der Waals surface area contributed by atoms with Gasteiger partial charge in [0, 0.05) is 23.7 Å². The first-order chi connectivity index (χ1) is 12.6. The van der Waals surface area contributed by atoms with Crippen molar-refractivity contribution in [2.75, 3.05) is 6.54 Å². The van der Waals surface area contributed by atoms with E-state index < -0.39 is 6.04 Å².